The highest BCUT2D eigenvalue weighted by Crippen LogP contribution is 2.13. The minimum Gasteiger partial charge on any atom is -0.464 e. The van der Waals surface area contributed by atoms with Crippen LogP contribution in [0.5, 0.6) is 0 Å². The number of amides is 1. The van der Waals surface area contributed by atoms with Gasteiger partial charge >= 0.3 is 5.97 Å². The number of nitrogens with one attached hydrogen (secondary N) is 1. The number of aryl methyl sites for hydroxylation is 1. The van der Waals surface area contributed by atoms with Crippen LogP contribution < -0.4 is 5.32 Å². The maximum absolute atomic E-state index is 13.8. The molecule has 0 aliphatic rings. The standard InChI is InChI=1S/C17H14F2N4O3/c1-9-5-10(3-4-11(9)18)7-20-16(24)13-6-14(17(25)26-2)23-15(22-13)12(19)8-21-23/h3-6,8H,7H2,1-2H3,(H,20,24). The molecule has 9 heteroatoms. The first kappa shape index (κ1) is 17.5. The van der Waals surface area contributed by atoms with Gasteiger partial charge in [0.05, 0.1) is 13.3 Å². The molecule has 0 radical (unpaired) electrons. The van der Waals surface area contributed by atoms with E-state index in [0.717, 1.165) is 23.9 Å². The molecule has 134 valence electrons. The minimum atomic E-state index is -0.788. The molecule has 0 aliphatic heterocycles. The van der Waals surface area contributed by atoms with Crippen molar-refractivity contribution in [3.05, 3.63) is 64.6 Å². The number of esters is 1. The summed E-state index contributed by atoms with van der Waals surface area (Å²) in [5.74, 6) is -2.53. The van der Waals surface area contributed by atoms with Crippen LogP contribution in [0.1, 0.15) is 32.1 Å². The first-order valence-electron chi connectivity index (χ1n) is 7.56. The summed E-state index contributed by atoms with van der Waals surface area (Å²) in [5.41, 5.74) is 0.559. The van der Waals surface area contributed by atoms with Gasteiger partial charge in [-0.05, 0) is 24.1 Å². The number of carbonyl (C=O) groups is 2. The first-order chi connectivity index (χ1) is 12.4. The highest BCUT2D eigenvalue weighted by atomic mass is 19.1. The van der Waals surface area contributed by atoms with E-state index in [1.165, 1.54) is 12.1 Å². The second-order valence-electron chi connectivity index (χ2n) is 5.51. The van der Waals surface area contributed by atoms with E-state index in [-0.39, 0.29) is 29.4 Å². The van der Waals surface area contributed by atoms with Gasteiger partial charge in [0.25, 0.3) is 5.91 Å². The lowest BCUT2D eigenvalue weighted by atomic mass is 10.1. The third-order valence-electron chi connectivity index (χ3n) is 3.73. The van der Waals surface area contributed by atoms with Crippen LogP contribution in [0.15, 0.2) is 30.5 Å². The summed E-state index contributed by atoms with van der Waals surface area (Å²) in [6.07, 6.45) is 0.887. The number of rotatable bonds is 4. The zero-order chi connectivity index (χ0) is 18.8. The smallest absolute Gasteiger partial charge is 0.356 e. The van der Waals surface area contributed by atoms with E-state index in [0.29, 0.717) is 11.1 Å². The number of fused-ring (bicyclic) bond motifs is 1. The highest BCUT2D eigenvalue weighted by Gasteiger charge is 2.20. The third-order valence-corrected chi connectivity index (χ3v) is 3.73. The number of halogens is 2. The lowest BCUT2D eigenvalue weighted by molar-refractivity contribution is 0.0590. The minimum absolute atomic E-state index is 0.113. The summed E-state index contributed by atoms with van der Waals surface area (Å²) in [4.78, 5) is 28.1. The summed E-state index contributed by atoms with van der Waals surface area (Å²) >= 11 is 0. The van der Waals surface area contributed by atoms with Crippen molar-refractivity contribution >= 4 is 17.5 Å². The van der Waals surface area contributed by atoms with Gasteiger partial charge in [-0.3, -0.25) is 4.79 Å². The Labute approximate surface area is 146 Å². The lowest BCUT2D eigenvalue weighted by Crippen LogP contribution is -2.25. The van der Waals surface area contributed by atoms with Crippen molar-refractivity contribution in [3.8, 4) is 0 Å². The number of hydrogen-bond acceptors (Lipinski definition) is 5. The van der Waals surface area contributed by atoms with Crippen molar-refractivity contribution in [3.63, 3.8) is 0 Å². The van der Waals surface area contributed by atoms with Crippen molar-refractivity contribution in [2.45, 2.75) is 13.5 Å². The van der Waals surface area contributed by atoms with Gasteiger partial charge in [0, 0.05) is 12.6 Å². The Balaban J connectivity index is 1.88. The summed E-state index contributed by atoms with van der Waals surface area (Å²) in [6.45, 7) is 1.73. The molecule has 3 rings (SSSR count). The number of ether oxygens (including phenoxy) is 1. The van der Waals surface area contributed by atoms with Crippen molar-refractivity contribution in [2.24, 2.45) is 0 Å². The topological polar surface area (TPSA) is 85.6 Å². The average molecular weight is 360 g/mol. The molecule has 1 N–H and O–H groups in total. The van der Waals surface area contributed by atoms with Crippen LogP contribution in [-0.4, -0.2) is 33.6 Å². The summed E-state index contributed by atoms with van der Waals surface area (Å²) in [6, 6.07) is 5.60. The molecule has 0 aliphatic carbocycles. The average Bonchev–Trinajstić information content (AvgIpc) is 3.02. The molecule has 0 bridgehead atoms. The Bertz CT molecular complexity index is 1020. The molecule has 1 amide bonds. The molecular formula is C17H14F2N4O3. The van der Waals surface area contributed by atoms with Gasteiger partial charge in [-0.25, -0.2) is 23.1 Å². The zero-order valence-electron chi connectivity index (χ0n) is 13.9. The normalized spacial score (nSPS) is 10.8. The van der Waals surface area contributed by atoms with E-state index in [4.69, 9.17) is 0 Å². The molecule has 3 aromatic rings. The largest absolute Gasteiger partial charge is 0.464 e. The zero-order valence-corrected chi connectivity index (χ0v) is 13.9. The van der Waals surface area contributed by atoms with Crippen LogP contribution in [0.25, 0.3) is 5.65 Å². The van der Waals surface area contributed by atoms with Gasteiger partial charge < -0.3 is 10.1 Å². The highest BCUT2D eigenvalue weighted by molar-refractivity contribution is 5.96. The van der Waals surface area contributed by atoms with E-state index in [1.54, 1.807) is 13.0 Å². The summed E-state index contributed by atoms with van der Waals surface area (Å²) in [7, 11) is 1.16. The SMILES string of the molecule is COC(=O)c1cc(C(=O)NCc2ccc(F)c(C)c2)nc2c(F)cnn12. The van der Waals surface area contributed by atoms with Gasteiger partial charge in [0.15, 0.2) is 17.2 Å². The fraction of sp³-hybridized carbons (Fsp3) is 0.176. The van der Waals surface area contributed by atoms with E-state index in [2.05, 4.69) is 20.1 Å². The quantitative estimate of drug-likeness (QED) is 0.720. The lowest BCUT2D eigenvalue weighted by Gasteiger charge is -2.08. The molecule has 0 fully saturated rings. The van der Waals surface area contributed by atoms with Crippen LogP contribution in [0.3, 0.4) is 0 Å². The van der Waals surface area contributed by atoms with Crippen molar-refractivity contribution < 1.29 is 23.1 Å². The molecule has 0 saturated heterocycles. The Hall–Kier alpha value is -3.36. The van der Waals surface area contributed by atoms with Gasteiger partial charge in [0.1, 0.15) is 11.5 Å². The van der Waals surface area contributed by atoms with Crippen LogP contribution in [0.2, 0.25) is 0 Å². The molecular weight excluding hydrogens is 346 g/mol. The van der Waals surface area contributed by atoms with Gasteiger partial charge in [-0.15, -0.1) is 0 Å². The predicted molar refractivity (Wildman–Crippen MR) is 86.6 cm³/mol. The molecule has 0 spiro atoms. The molecule has 7 nitrogen and oxygen atoms in total. The Kier molecular flexibility index (Phi) is 4.61. The third kappa shape index (κ3) is 3.23. The van der Waals surface area contributed by atoms with Crippen molar-refractivity contribution in [1.82, 2.24) is 19.9 Å². The molecule has 2 aromatic heterocycles. The van der Waals surface area contributed by atoms with Crippen LogP contribution in [-0.2, 0) is 11.3 Å². The molecule has 0 saturated carbocycles. The molecule has 0 unspecified atom stereocenters. The summed E-state index contributed by atoms with van der Waals surface area (Å²) < 4.78 is 32.7. The number of aromatic nitrogens is 3. The molecule has 1 aromatic carbocycles. The van der Waals surface area contributed by atoms with Gasteiger partial charge in [0.2, 0.25) is 0 Å². The monoisotopic (exact) mass is 360 g/mol. The first-order valence-corrected chi connectivity index (χ1v) is 7.56. The Morgan fingerprint density at radius 2 is 2.00 bits per heavy atom. The van der Waals surface area contributed by atoms with Crippen molar-refractivity contribution in [1.29, 1.82) is 0 Å². The Morgan fingerprint density at radius 1 is 1.23 bits per heavy atom. The molecule has 2 heterocycles. The number of methoxy groups -OCH3 is 1. The maximum atomic E-state index is 13.8. The van der Waals surface area contributed by atoms with Crippen LogP contribution >= 0.6 is 0 Å². The predicted octanol–water partition coefficient (Wildman–Crippen LogP) is 2.03. The number of hydrogen-bond donors (Lipinski definition) is 1. The number of carbonyl (C=O) groups excluding carboxylic acids is 2. The van der Waals surface area contributed by atoms with Crippen LogP contribution in [0, 0.1) is 18.6 Å². The fourth-order valence-corrected chi connectivity index (χ4v) is 2.39. The maximum Gasteiger partial charge on any atom is 0.356 e. The second kappa shape index (κ2) is 6.87. The van der Waals surface area contributed by atoms with E-state index in [9.17, 15) is 18.4 Å². The van der Waals surface area contributed by atoms with E-state index in [1.807, 2.05) is 0 Å². The van der Waals surface area contributed by atoms with Crippen LogP contribution in [0.4, 0.5) is 8.78 Å². The van der Waals surface area contributed by atoms with E-state index >= 15 is 0 Å². The number of nitrogens with zero attached hydrogens (tertiary/aromatic N) is 3. The fourth-order valence-electron chi connectivity index (χ4n) is 2.39. The van der Waals surface area contributed by atoms with Crippen molar-refractivity contribution in [2.75, 3.05) is 7.11 Å². The Morgan fingerprint density at radius 3 is 2.69 bits per heavy atom. The molecule has 26 heavy (non-hydrogen) atoms. The van der Waals surface area contributed by atoms with E-state index < -0.39 is 17.7 Å². The van der Waals surface area contributed by atoms with Gasteiger partial charge in [-0.1, -0.05) is 12.1 Å². The summed E-state index contributed by atoms with van der Waals surface area (Å²) in [5, 5.41) is 6.30. The second-order valence-corrected chi connectivity index (χ2v) is 5.51. The molecule has 0 atom stereocenters. The van der Waals surface area contributed by atoms with Gasteiger partial charge in [-0.2, -0.15) is 5.10 Å². The number of benzene rings is 1.